The molecule has 25 heavy (non-hydrogen) atoms. The van der Waals surface area contributed by atoms with Gasteiger partial charge in [-0.05, 0) is 35.9 Å². The summed E-state index contributed by atoms with van der Waals surface area (Å²) in [7, 11) is 1.61. The second-order valence-electron chi connectivity index (χ2n) is 5.21. The summed E-state index contributed by atoms with van der Waals surface area (Å²) in [5.74, 6) is 0.534. The molecule has 5 nitrogen and oxygen atoms in total. The quantitative estimate of drug-likeness (QED) is 0.668. The maximum Gasteiger partial charge on any atom is 0.271 e. The van der Waals surface area contributed by atoms with Crippen molar-refractivity contribution in [2.45, 2.75) is 6.54 Å². The lowest BCUT2D eigenvalue weighted by molar-refractivity contribution is 0.0946. The summed E-state index contributed by atoms with van der Waals surface area (Å²) in [5.41, 5.74) is 2.16. The zero-order valence-corrected chi connectivity index (χ0v) is 15.0. The number of thiazole rings is 1. The highest BCUT2D eigenvalue weighted by atomic mass is 35.5. The summed E-state index contributed by atoms with van der Waals surface area (Å²) in [6, 6.07) is 14.9. The molecule has 0 radical (unpaired) electrons. The van der Waals surface area contributed by atoms with Gasteiger partial charge in [0.25, 0.3) is 5.91 Å². The maximum atomic E-state index is 12.2. The predicted octanol–water partition coefficient (Wildman–Crippen LogP) is 4.48. The van der Waals surface area contributed by atoms with E-state index in [0.29, 0.717) is 22.4 Å². The first-order valence-corrected chi connectivity index (χ1v) is 8.79. The van der Waals surface area contributed by atoms with Crippen molar-refractivity contribution in [1.82, 2.24) is 10.3 Å². The van der Waals surface area contributed by atoms with E-state index >= 15 is 0 Å². The third-order valence-electron chi connectivity index (χ3n) is 3.40. The third-order valence-corrected chi connectivity index (χ3v) is 4.39. The SMILES string of the molecule is COc1cccc(CNC(=O)c2csc(Nc3cccc(Cl)c3)n2)c1. The molecule has 3 rings (SSSR count). The lowest BCUT2D eigenvalue weighted by atomic mass is 10.2. The number of anilines is 2. The Bertz CT molecular complexity index is 882. The number of hydrogen-bond acceptors (Lipinski definition) is 5. The van der Waals surface area contributed by atoms with Crippen molar-refractivity contribution in [3.8, 4) is 5.75 Å². The number of nitrogens with one attached hydrogen (secondary N) is 2. The molecule has 0 unspecified atom stereocenters. The summed E-state index contributed by atoms with van der Waals surface area (Å²) in [4.78, 5) is 16.6. The molecule has 128 valence electrons. The Morgan fingerprint density at radius 1 is 1.24 bits per heavy atom. The molecule has 0 bridgehead atoms. The Morgan fingerprint density at radius 2 is 2.08 bits per heavy atom. The number of hydrogen-bond donors (Lipinski definition) is 2. The Hall–Kier alpha value is -2.57. The largest absolute Gasteiger partial charge is 0.497 e. The molecular formula is C18H16ClN3O2S. The number of benzene rings is 2. The number of ether oxygens (including phenoxy) is 1. The molecule has 0 aliphatic rings. The van der Waals surface area contributed by atoms with E-state index in [2.05, 4.69) is 15.6 Å². The van der Waals surface area contributed by atoms with Crippen LogP contribution in [0.15, 0.2) is 53.9 Å². The molecule has 1 amide bonds. The van der Waals surface area contributed by atoms with Crippen molar-refractivity contribution >= 4 is 39.7 Å². The number of halogens is 1. The van der Waals surface area contributed by atoms with E-state index in [1.807, 2.05) is 36.4 Å². The van der Waals surface area contributed by atoms with Gasteiger partial charge in [0.1, 0.15) is 11.4 Å². The summed E-state index contributed by atoms with van der Waals surface area (Å²) in [5, 5.41) is 8.98. The molecule has 1 aromatic heterocycles. The molecule has 2 N–H and O–H groups in total. The van der Waals surface area contributed by atoms with Gasteiger partial charge in [-0.15, -0.1) is 11.3 Å². The molecular weight excluding hydrogens is 358 g/mol. The minimum atomic E-state index is -0.224. The van der Waals surface area contributed by atoms with Crippen molar-refractivity contribution < 1.29 is 9.53 Å². The molecule has 0 saturated carbocycles. The van der Waals surface area contributed by atoms with E-state index < -0.39 is 0 Å². The molecule has 0 saturated heterocycles. The standard InChI is InChI=1S/C18H16ClN3O2S/c1-24-15-7-2-4-12(8-15)10-20-17(23)16-11-25-18(22-16)21-14-6-3-5-13(19)9-14/h2-9,11H,10H2,1H3,(H,20,23)(H,21,22). The van der Waals surface area contributed by atoms with E-state index in [1.54, 1.807) is 24.6 Å². The first-order chi connectivity index (χ1) is 12.1. The minimum absolute atomic E-state index is 0.224. The topological polar surface area (TPSA) is 63.2 Å². The molecule has 0 fully saturated rings. The fraction of sp³-hybridized carbons (Fsp3) is 0.111. The van der Waals surface area contributed by atoms with Gasteiger partial charge in [0.15, 0.2) is 5.13 Å². The smallest absolute Gasteiger partial charge is 0.271 e. The average molecular weight is 374 g/mol. The van der Waals surface area contributed by atoms with Crippen LogP contribution in [-0.2, 0) is 6.54 Å². The van der Waals surface area contributed by atoms with Gasteiger partial charge in [-0.1, -0.05) is 29.8 Å². The molecule has 0 aliphatic heterocycles. The summed E-state index contributed by atoms with van der Waals surface area (Å²) in [6.45, 7) is 0.407. The maximum absolute atomic E-state index is 12.2. The van der Waals surface area contributed by atoms with Gasteiger partial charge in [0, 0.05) is 22.6 Å². The lowest BCUT2D eigenvalue weighted by Gasteiger charge is -2.06. The van der Waals surface area contributed by atoms with Crippen LogP contribution in [0, 0.1) is 0 Å². The zero-order valence-electron chi connectivity index (χ0n) is 13.5. The van der Waals surface area contributed by atoms with E-state index in [9.17, 15) is 4.79 Å². The lowest BCUT2D eigenvalue weighted by Crippen LogP contribution is -2.23. The monoisotopic (exact) mass is 373 g/mol. The van der Waals surface area contributed by atoms with Crippen LogP contribution in [0.25, 0.3) is 0 Å². The first kappa shape index (κ1) is 17.3. The molecule has 1 heterocycles. The fourth-order valence-corrected chi connectivity index (χ4v) is 3.08. The number of aromatic nitrogens is 1. The van der Waals surface area contributed by atoms with E-state index in [0.717, 1.165) is 17.0 Å². The van der Waals surface area contributed by atoms with Crippen molar-refractivity contribution in [2.24, 2.45) is 0 Å². The van der Waals surface area contributed by atoms with Gasteiger partial charge in [-0.3, -0.25) is 4.79 Å². The minimum Gasteiger partial charge on any atom is -0.497 e. The van der Waals surface area contributed by atoms with Gasteiger partial charge < -0.3 is 15.4 Å². The summed E-state index contributed by atoms with van der Waals surface area (Å²) in [6.07, 6.45) is 0. The Labute approximate surface area is 154 Å². The van der Waals surface area contributed by atoms with Crippen molar-refractivity contribution in [1.29, 1.82) is 0 Å². The van der Waals surface area contributed by atoms with Gasteiger partial charge in [0.2, 0.25) is 0 Å². The molecule has 0 spiro atoms. The number of carbonyl (C=O) groups excluding carboxylic acids is 1. The first-order valence-electron chi connectivity index (χ1n) is 7.53. The van der Waals surface area contributed by atoms with Crippen LogP contribution in [-0.4, -0.2) is 18.0 Å². The third kappa shape index (κ3) is 4.71. The second kappa shape index (κ2) is 8.00. The van der Waals surface area contributed by atoms with Gasteiger partial charge >= 0.3 is 0 Å². The Balaban J connectivity index is 1.60. The highest BCUT2D eigenvalue weighted by molar-refractivity contribution is 7.14. The van der Waals surface area contributed by atoms with Gasteiger partial charge in [-0.2, -0.15) is 0 Å². The van der Waals surface area contributed by atoms with E-state index in [-0.39, 0.29) is 5.91 Å². The zero-order chi connectivity index (χ0) is 17.6. The Morgan fingerprint density at radius 3 is 2.88 bits per heavy atom. The van der Waals surface area contributed by atoms with Crippen LogP contribution < -0.4 is 15.4 Å². The van der Waals surface area contributed by atoms with Crippen LogP contribution in [0.5, 0.6) is 5.75 Å². The van der Waals surface area contributed by atoms with Crippen molar-refractivity contribution in [3.05, 3.63) is 70.2 Å². The van der Waals surface area contributed by atoms with Crippen LogP contribution in [0.3, 0.4) is 0 Å². The van der Waals surface area contributed by atoms with E-state index in [1.165, 1.54) is 11.3 Å². The normalized spacial score (nSPS) is 10.3. The van der Waals surface area contributed by atoms with Gasteiger partial charge in [0.05, 0.1) is 7.11 Å². The number of rotatable bonds is 6. The van der Waals surface area contributed by atoms with Crippen LogP contribution in [0.2, 0.25) is 5.02 Å². The molecule has 3 aromatic rings. The predicted molar refractivity (Wildman–Crippen MR) is 101 cm³/mol. The molecule has 7 heteroatoms. The number of nitrogens with zero attached hydrogens (tertiary/aromatic N) is 1. The van der Waals surface area contributed by atoms with Gasteiger partial charge in [-0.25, -0.2) is 4.98 Å². The number of methoxy groups -OCH3 is 1. The number of carbonyl (C=O) groups is 1. The van der Waals surface area contributed by atoms with Crippen LogP contribution >= 0.6 is 22.9 Å². The second-order valence-corrected chi connectivity index (χ2v) is 6.50. The molecule has 0 atom stereocenters. The van der Waals surface area contributed by atoms with Crippen molar-refractivity contribution in [3.63, 3.8) is 0 Å². The van der Waals surface area contributed by atoms with Crippen molar-refractivity contribution in [2.75, 3.05) is 12.4 Å². The summed E-state index contributed by atoms with van der Waals surface area (Å²) >= 11 is 7.32. The number of amides is 1. The fourth-order valence-electron chi connectivity index (χ4n) is 2.18. The van der Waals surface area contributed by atoms with Crippen LogP contribution in [0.4, 0.5) is 10.8 Å². The van der Waals surface area contributed by atoms with Crippen LogP contribution in [0.1, 0.15) is 16.1 Å². The Kier molecular flexibility index (Phi) is 5.53. The average Bonchev–Trinajstić information content (AvgIpc) is 3.08. The van der Waals surface area contributed by atoms with E-state index in [4.69, 9.17) is 16.3 Å². The highest BCUT2D eigenvalue weighted by Crippen LogP contribution is 2.23. The molecule has 2 aromatic carbocycles. The highest BCUT2D eigenvalue weighted by Gasteiger charge is 2.11. The summed E-state index contributed by atoms with van der Waals surface area (Å²) < 4.78 is 5.17. The molecule has 0 aliphatic carbocycles.